The van der Waals surface area contributed by atoms with E-state index in [-0.39, 0.29) is 5.82 Å². The first-order chi connectivity index (χ1) is 7.20. The Balaban J connectivity index is 2.40. The van der Waals surface area contributed by atoms with Crippen LogP contribution in [-0.4, -0.2) is 5.16 Å². The van der Waals surface area contributed by atoms with Crippen LogP contribution in [0.5, 0.6) is 0 Å². The van der Waals surface area contributed by atoms with Gasteiger partial charge >= 0.3 is 0 Å². The van der Waals surface area contributed by atoms with Crippen molar-refractivity contribution in [1.29, 1.82) is 0 Å². The molecular weight excluding hydrogens is 261 g/mol. The van der Waals surface area contributed by atoms with E-state index in [1.807, 2.05) is 6.07 Å². The zero-order valence-corrected chi connectivity index (χ0v) is 9.71. The fraction of sp³-hybridized carbons (Fsp3) is 0.182. The molecule has 78 valence electrons. The van der Waals surface area contributed by atoms with Crippen LogP contribution in [0.1, 0.15) is 11.3 Å². The van der Waals surface area contributed by atoms with E-state index in [0.29, 0.717) is 16.6 Å². The minimum Gasteiger partial charge on any atom is -0.360 e. The molecule has 0 aliphatic heterocycles. The Labute approximate surface area is 95.2 Å². The molecule has 2 aromatic rings. The summed E-state index contributed by atoms with van der Waals surface area (Å²) in [6.45, 7) is 1.73. The predicted molar refractivity (Wildman–Crippen MR) is 59.3 cm³/mol. The average molecular weight is 270 g/mol. The van der Waals surface area contributed by atoms with Crippen molar-refractivity contribution < 1.29 is 8.91 Å². The number of aryl methyl sites for hydroxylation is 1. The lowest BCUT2D eigenvalue weighted by Gasteiger charge is -1.98. The van der Waals surface area contributed by atoms with Gasteiger partial charge < -0.3 is 4.52 Å². The van der Waals surface area contributed by atoms with Gasteiger partial charge in [-0.1, -0.05) is 33.2 Å². The Bertz CT molecular complexity index is 481. The summed E-state index contributed by atoms with van der Waals surface area (Å²) in [6, 6.07) is 6.81. The van der Waals surface area contributed by atoms with E-state index in [9.17, 15) is 4.39 Å². The van der Waals surface area contributed by atoms with Gasteiger partial charge in [-0.05, 0) is 18.6 Å². The van der Waals surface area contributed by atoms with Gasteiger partial charge in [0.15, 0.2) is 0 Å². The van der Waals surface area contributed by atoms with E-state index in [1.54, 1.807) is 19.1 Å². The maximum atomic E-state index is 13.3. The lowest BCUT2D eigenvalue weighted by Crippen LogP contribution is -1.84. The molecule has 0 atom stereocenters. The molecule has 0 saturated heterocycles. The predicted octanol–water partition coefficient (Wildman–Crippen LogP) is 3.68. The summed E-state index contributed by atoms with van der Waals surface area (Å²) in [5, 5.41) is 4.46. The molecule has 0 aliphatic carbocycles. The minimum atomic E-state index is -0.226. The number of rotatable bonds is 2. The second-order valence-electron chi connectivity index (χ2n) is 3.28. The van der Waals surface area contributed by atoms with Crippen molar-refractivity contribution in [2.45, 2.75) is 12.3 Å². The largest absolute Gasteiger partial charge is 0.360 e. The van der Waals surface area contributed by atoms with Crippen LogP contribution < -0.4 is 0 Å². The lowest BCUT2D eigenvalue weighted by molar-refractivity contribution is 0.398. The lowest BCUT2D eigenvalue weighted by atomic mass is 10.1. The van der Waals surface area contributed by atoms with Crippen LogP contribution in [0.3, 0.4) is 0 Å². The second-order valence-corrected chi connectivity index (χ2v) is 3.84. The van der Waals surface area contributed by atoms with Crippen molar-refractivity contribution in [3.63, 3.8) is 0 Å². The molecule has 0 spiro atoms. The zero-order valence-electron chi connectivity index (χ0n) is 8.13. The molecule has 0 N–H and O–H groups in total. The molecule has 1 heterocycles. The monoisotopic (exact) mass is 269 g/mol. The minimum absolute atomic E-state index is 0.226. The molecular formula is C11H9BrFNO. The van der Waals surface area contributed by atoms with Crippen molar-refractivity contribution in [2.24, 2.45) is 0 Å². The Morgan fingerprint density at radius 3 is 2.80 bits per heavy atom. The van der Waals surface area contributed by atoms with Gasteiger partial charge in [0.25, 0.3) is 0 Å². The number of hydrogen-bond acceptors (Lipinski definition) is 2. The third-order valence-corrected chi connectivity index (χ3v) is 2.71. The molecule has 0 aliphatic rings. The molecule has 2 rings (SSSR count). The molecule has 15 heavy (non-hydrogen) atoms. The number of aromatic nitrogens is 1. The summed E-state index contributed by atoms with van der Waals surface area (Å²) in [5.74, 6) is 0.502. The van der Waals surface area contributed by atoms with Gasteiger partial charge in [0.2, 0.25) is 0 Å². The molecule has 0 bridgehead atoms. The molecule has 0 radical (unpaired) electrons. The van der Waals surface area contributed by atoms with Crippen molar-refractivity contribution >= 4 is 15.9 Å². The van der Waals surface area contributed by atoms with Crippen LogP contribution in [0.25, 0.3) is 11.3 Å². The number of halogens is 2. The summed E-state index contributed by atoms with van der Waals surface area (Å²) in [5.41, 5.74) is 2.01. The quantitative estimate of drug-likeness (QED) is 0.778. The Morgan fingerprint density at radius 2 is 2.20 bits per heavy atom. The van der Waals surface area contributed by atoms with E-state index in [4.69, 9.17) is 4.52 Å². The third-order valence-electron chi connectivity index (χ3n) is 2.16. The van der Waals surface area contributed by atoms with Crippen molar-refractivity contribution in [3.05, 3.63) is 41.4 Å². The van der Waals surface area contributed by atoms with Crippen LogP contribution in [0.2, 0.25) is 0 Å². The first kappa shape index (κ1) is 10.4. The first-order valence-electron chi connectivity index (χ1n) is 4.49. The summed E-state index contributed by atoms with van der Waals surface area (Å²) < 4.78 is 18.3. The van der Waals surface area contributed by atoms with Gasteiger partial charge in [-0.25, -0.2) is 4.39 Å². The van der Waals surface area contributed by atoms with Gasteiger partial charge in [-0.3, -0.25) is 0 Å². The maximum Gasteiger partial charge on any atom is 0.147 e. The number of nitrogens with zero attached hydrogens (tertiary/aromatic N) is 1. The van der Waals surface area contributed by atoms with E-state index < -0.39 is 0 Å². The van der Waals surface area contributed by atoms with Crippen LogP contribution in [0.15, 0.2) is 28.8 Å². The average Bonchev–Trinajstić information content (AvgIpc) is 2.70. The van der Waals surface area contributed by atoms with Gasteiger partial charge in [0.1, 0.15) is 17.3 Å². The fourth-order valence-corrected chi connectivity index (χ4v) is 1.53. The molecule has 4 heteroatoms. The Hall–Kier alpha value is -1.16. The maximum absolute atomic E-state index is 13.3. The fourth-order valence-electron chi connectivity index (χ4n) is 1.26. The van der Waals surface area contributed by atoms with Crippen molar-refractivity contribution in [2.75, 3.05) is 0 Å². The number of benzene rings is 1. The molecule has 0 amide bonds. The second kappa shape index (κ2) is 4.14. The van der Waals surface area contributed by atoms with E-state index in [0.717, 1.165) is 11.3 Å². The van der Waals surface area contributed by atoms with Gasteiger partial charge in [-0.15, -0.1) is 0 Å². The van der Waals surface area contributed by atoms with Crippen molar-refractivity contribution in [1.82, 2.24) is 5.16 Å². The van der Waals surface area contributed by atoms with E-state index in [2.05, 4.69) is 21.1 Å². The number of alkyl halides is 1. The molecule has 1 aromatic carbocycles. The van der Waals surface area contributed by atoms with Gasteiger partial charge in [0, 0.05) is 11.6 Å². The normalized spacial score (nSPS) is 10.6. The summed E-state index contributed by atoms with van der Waals surface area (Å²) >= 11 is 3.26. The van der Waals surface area contributed by atoms with E-state index >= 15 is 0 Å². The Morgan fingerprint density at radius 1 is 1.40 bits per heavy atom. The van der Waals surface area contributed by atoms with Crippen LogP contribution in [0, 0.1) is 12.7 Å². The summed E-state index contributed by atoms with van der Waals surface area (Å²) in [7, 11) is 0. The highest BCUT2D eigenvalue weighted by Gasteiger charge is 2.07. The van der Waals surface area contributed by atoms with Gasteiger partial charge in [0.05, 0.1) is 5.33 Å². The van der Waals surface area contributed by atoms with Crippen LogP contribution in [-0.2, 0) is 5.33 Å². The number of hydrogen-bond donors (Lipinski definition) is 0. The Kier molecular flexibility index (Phi) is 2.86. The smallest absolute Gasteiger partial charge is 0.147 e. The molecule has 1 aromatic heterocycles. The third kappa shape index (κ3) is 2.09. The van der Waals surface area contributed by atoms with Crippen LogP contribution in [0.4, 0.5) is 4.39 Å². The highest BCUT2D eigenvalue weighted by atomic mass is 79.9. The summed E-state index contributed by atoms with van der Waals surface area (Å²) in [4.78, 5) is 0. The highest BCUT2D eigenvalue weighted by molar-refractivity contribution is 9.08. The molecule has 0 unspecified atom stereocenters. The van der Waals surface area contributed by atoms with Crippen molar-refractivity contribution in [3.8, 4) is 11.3 Å². The topological polar surface area (TPSA) is 26.0 Å². The summed E-state index contributed by atoms with van der Waals surface area (Å²) in [6.07, 6.45) is 0. The van der Waals surface area contributed by atoms with Gasteiger partial charge in [-0.2, -0.15) is 0 Å². The first-order valence-corrected chi connectivity index (χ1v) is 5.61. The van der Waals surface area contributed by atoms with E-state index in [1.165, 1.54) is 6.07 Å². The molecule has 2 nitrogen and oxygen atoms in total. The highest BCUT2D eigenvalue weighted by Crippen LogP contribution is 2.22. The molecule has 0 fully saturated rings. The zero-order chi connectivity index (χ0) is 10.8. The molecule has 0 saturated carbocycles. The SMILES string of the molecule is Cc1ccc(-c2cc(CBr)on2)cc1F. The van der Waals surface area contributed by atoms with Crippen LogP contribution >= 0.6 is 15.9 Å². The standard InChI is InChI=1S/C11H9BrFNO/c1-7-2-3-8(4-10(7)13)11-5-9(6-12)15-14-11/h2-5H,6H2,1H3.